The molecule has 0 unspecified atom stereocenters. The third-order valence-electron chi connectivity index (χ3n) is 3.44. The van der Waals surface area contributed by atoms with E-state index in [0.29, 0.717) is 23.8 Å². The Bertz CT molecular complexity index is 838. The number of anilines is 2. The maximum atomic E-state index is 12.1. The van der Waals surface area contributed by atoms with Gasteiger partial charge in [-0.25, -0.2) is 9.97 Å². The lowest BCUT2D eigenvalue weighted by molar-refractivity contribution is 0.0950. The first kappa shape index (κ1) is 16.4. The van der Waals surface area contributed by atoms with E-state index in [2.05, 4.69) is 25.6 Å². The Balaban J connectivity index is 1.62. The van der Waals surface area contributed by atoms with Crippen LogP contribution in [0.15, 0.2) is 61.2 Å². The number of benzene rings is 1. The normalized spacial score (nSPS) is 10.1. The first-order chi connectivity index (χ1) is 12.3. The fourth-order valence-electron chi connectivity index (χ4n) is 2.17. The highest BCUT2D eigenvalue weighted by Gasteiger charge is 2.08. The van der Waals surface area contributed by atoms with Gasteiger partial charge in [0.05, 0.1) is 18.4 Å². The van der Waals surface area contributed by atoms with Crippen molar-refractivity contribution in [1.82, 2.24) is 20.3 Å². The number of carbonyl (C=O) groups excluding carboxylic acids is 1. The summed E-state index contributed by atoms with van der Waals surface area (Å²) in [6, 6.07) is 11.2. The first-order valence-electron chi connectivity index (χ1n) is 7.65. The van der Waals surface area contributed by atoms with E-state index in [1.54, 1.807) is 19.5 Å². The van der Waals surface area contributed by atoms with Crippen LogP contribution in [0.3, 0.4) is 0 Å². The lowest BCUT2D eigenvalue weighted by Crippen LogP contribution is -2.23. The van der Waals surface area contributed by atoms with Crippen LogP contribution in [0.2, 0.25) is 0 Å². The molecule has 3 rings (SSSR count). The SMILES string of the molecule is COc1ccccc1Nc1ncc(C(=O)NCc2cccnc2)cn1. The highest BCUT2D eigenvalue weighted by Crippen LogP contribution is 2.25. The van der Waals surface area contributed by atoms with Crippen molar-refractivity contribution in [2.75, 3.05) is 12.4 Å². The van der Waals surface area contributed by atoms with Crippen LogP contribution in [-0.2, 0) is 6.54 Å². The smallest absolute Gasteiger partial charge is 0.254 e. The van der Waals surface area contributed by atoms with Crippen molar-refractivity contribution >= 4 is 17.5 Å². The molecule has 0 saturated carbocycles. The minimum absolute atomic E-state index is 0.243. The molecule has 0 radical (unpaired) electrons. The van der Waals surface area contributed by atoms with E-state index in [1.807, 2.05) is 36.4 Å². The van der Waals surface area contributed by atoms with Crippen molar-refractivity contribution in [1.29, 1.82) is 0 Å². The minimum Gasteiger partial charge on any atom is -0.495 e. The molecule has 0 spiro atoms. The average Bonchev–Trinajstić information content (AvgIpc) is 2.68. The van der Waals surface area contributed by atoms with Crippen LogP contribution in [0, 0.1) is 0 Å². The Kier molecular flexibility index (Phi) is 5.16. The average molecular weight is 335 g/mol. The van der Waals surface area contributed by atoms with Crippen LogP contribution < -0.4 is 15.4 Å². The van der Waals surface area contributed by atoms with Crippen LogP contribution in [0.4, 0.5) is 11.6 Å². The largest absolute Gasteiger partial charge is 0.495 e. The van der Waals surface area contributed by atoms with Gasteiger partial charge in [-0.05, 0) is 23.8 Å². The number of aromatic nitrogens is 3. The molecule has 2 aromatic heterocycles. The number of hydrogen-bond donors (Lipinski definition) is 2. The summed E-state index contributed by atoms with van der Waals surface area (Å²) in [6.45, 7) is 0.397. The second-order valence-corrected chi connectivity index (χ2v) is 5.16. The summed E-state index contributed by atoms with van der Waals surface area (Å²) in [4.78, 5) is 24.5. The van der Waals surface area contributed by atoms with Crippen LogP contribution in [0.1, 0.15) is 15.9 Å². The number of hydrogen-bond acceptors (Lipinski definition) is 6. The third-order valence-corrected chi connectivity index (χ3v) is 3.44. The molecule has 0 bridgehead atoms. The van der Waals surface area contributed by atoms with Crippen molar-refractivity contribution in [3.63, 3.8) is 0 Å². The van der Waals surface area contributed by atoms with Crippen LogP contribution in [0.5, 0.6) is 5.75 Å². The lowest BCUT2D eigenvalue weighted by Gasteiger charge is -2.09. The fourth-order valence-corrected chi connectivity index (χ4v) is 2.17. The molecule has 0 atom stereocenters. The molecule has 126 valence electrons. The summed E-state index contributed by atoms with van der Waals surface area (Å²) in [5, 5.41) is 5.86. The van der Waals surface area contributed by atoms with Gasteiger partial charge < -0.3 is 15.4 Å². The van der Waals surface area contributed by atoms with Gasteiger partial charge in [0.25, 0.3) is 5.91 Å². The third kappa shape index (κ3) is 4.29. The van der Waals surface area contributed by atoms with E-state index >= 15 is 0 Å². The van der Waals surface area contributed by atoms with Crippen LogP contribution in [0.25, 0.3) is 0 Å². The summed E-state index contributed by atoms with van der Waals surface area (Å²) in [7, 11) is 1.59. The quantitative estimate of drug-likeness (QED) is 0.720. The molecule has 7 nitrogen and oxygen atoms in total. The second kappa shape index (κ2) is 7.87. The number of rotatable bonds is 6. The molecule has 0 aliphatic carbocycles. The zero-order valence-electron chi connectivity index (χ0n) is 13.6. The molecule has 1 amide bonds. The Labute approximate surface area is 145 Å². The van der Waals surface area contributed by atoms with E-state index in [9.17, 15) is 4.79 Å². The van der Waals surface area contributed by atoms with Crippen molar-refractivity contribution in [3.8, 4) is 5.75 Å². The second-order valence-electron chi connectivity index (χ2n) is 5.16. The molecule has 3 aromatic rings. The number of para-hydroxylation sites is 2. The van der Waals surface area contributed by atoms with Crippen molar-refractivity contribution in [2.45, 2.75) is 6.54 Å². The Hall–Kier alpha value is -3.48. The Morgan fingerprint density at radius 2 is 1.88 bits per heavy atom. The number of ether oxygens (including phenoxy) is 1. The molecule has 0 fully saturated rings. The van der Waals surface area contributed by atoms with Crippen molar-refractivity contribution in [2.24, 2.45) is 0 Å². The van der Waals surface area contributed by atoms with E-state index in [-0.39, 0.29) is 5.91 Å². The van der Waals surface area contributed by atoms with E-state index < -0.39 is 0 Å². The molecule has 0 aliphatic heterocycles. The summed E-state index contributed by atoms with van der Waals surface area (Å²) < 4.78 is 5.27. The summed E-state index contributed by atoms with van der Waals surface area (Å²) in [6.07, 6.45) is 6.34. The maximum absolute atomic E-state index is 12.1. The first-order valence-corrected chi connectivity index (χ1v) is 7.65. The predicted octanol–water partition coefficient (Wildman–Crippen LogP) is 2.55. The molecule has 2 heterocycles. The van der Waals surface area contributed by atoms with Gasteiger partial charge in [0.1, 0.15) is 5.75 Å². The predicted molar refractivity (Wildman–Crippen MR) is 93.7 cm³/mol. The molecule has 1 aromatic carbocycles. The fraction of sp³-hybridized carbons (Fsp3) is 0.111. The van der Waals surface area contributed by atoms with Crippen molar-refractivity contribution < 1.29 is 9.53 Å². The van der Waals surface area contributed by atoms with Gasteiger partial charge >= 0.3 is 0 Å². The lowest BCUT2D eigenvalue weighted by atomic mass is 10.2. The van der Waals surface area contributed by atoms with Gasteiger partial charge in [-0.3, -0.25) is 9.78 Å². The minimum atomic E-state index is -0.243. The summed E-state index contributed by atoms with van der Waals surface area (Å²) in [5.41, 5.74) is 2.06. The number of amides is 1. The zero-order valence-corrected chi connectivity index (χ0v) is 13.6. The van der Waals surface area contributed by atoms with Gasteiger partial charge in [-0.2, -0.15) is 0 Å². The molecule has 0 aliphatic rings. The number of nitrogens with one attached hydrogen (secondary N) is 2. The van der Waals surface area contributed by atoms with E-state index in [1.165, 1.54) is 12.4 Å². The van der Waals surface area contributed by atoms with Gasteiger partial charge in [0.15, 0.2) is 0 Å². The monoisotopic (exact) mass is 335 g/mol. The zero-order chi connectivity index (χ0) is 17.5. The molecule has 25 heavy (non-hydrogen) atoms. The molecular weight excluding hydrogens is 318 g/mol. The van der Waals surface area contributed by atoms with Gasteiger partial charge in [-0.15, -0.1) is 0 Å². The summed E-state index contributed by atoms with van der Waals surface area (Å²) >= 11 is 0. The van der Waals surface area contributed by atoms with Crippen molar-refractivity contribution in [3.05, 3.63) is 72.3 Å². The van der Waals surface area contributed by atoms with Crippen LogP contribution >= 0.6 is 0 Å². The van der Waals surface area contributed by atoms with E-state index in [4.69, 9.17) is 4.74 Å². The topological polar surface area (TPSA) is 89.0 Å². The number of nitrogens with zero attached hydrogens (tertiary/aromatic N) is 3. The molecule has 0 saturated heterocycles. The maximum Gasteiger partial charge on any atom is 0.254 e. The van der Waals surface area contributed by atoms with Gasteiger partial charge in [0.2, 0.25) is 5.95 Å². The number of carbonyl (C=O) groups is 1. The number of methoxy groups -OCH3 is 1. The summed E-state index contributed by atoms with van der Waals surface area (Å²) in [5.74, 6) is 0.824. The highest BCUT2D eigenvalue weighted by atomic mass is 16.5. The van der Waals surface area contributed by atoms with Crippen LogP contribution in [-0.4, -0.2) is 28.0 Å². The molecule has 2 N–H and O–H groups in total. The highest BCUT2D eigenvalue weighted by molar-refractivity contribution is 5.93. The van der Waals surface area contributed by atoms with Gasteiger partial charge in [-0.1, -0.05) is 18.2 Å². The molecule has 7 heteroatoms. The van der Waals surface area contributed by atoms with E-state index in [0.717, 1.165) is 11.3 Å². The molecular formula is C18H17N5O2. The standard InChI is InChI=1S/C18H17N5O2/c1-25-16-7-3-2-6-15(16)23-18-21-11-14(12-22-18)17(24)20-10-13-5-4-8-19-9-13/h2-9,11-12H,10H2,1H3,(H,20,24)(H,21,22,23). The Morgan fingerprint density at radius 1 is 1.08 bits per heavy atom. The van der Waals surface area contributed by atoms with Gasteiger partial charge in [0, 0.05) is 31.3 Å². The Morgan fingerprint density at radius 3 is 2.60 bits per heavy atom. The number of pyridine rings is 1.